The minimum atomic E-state index is 0.560. The minimum Gasteiger partial charge on any atom is -0.446 e. The van der Waals surface area contributed by atoms with Gasteiger partial charge in [-0.25, -0.2) is 9.97 Å². The molecule has 3 heterocycles. The van der Waals surface area contributed by atoms with Gasteiger partial charge in [-0.3, -0.25) is 0 Å². The van der Waals surface area contributed by atoms with E-state index in [2.05, 4.69) is 25.9 Å². The normalized spacial score (nSPS) is 14.1. The maximum Gasteiger partial charge on any atom is 0.197 e. The average molecular weight is 298 g/mol. The van der Waals surface area contributed by atoms with Crippen molar-refractivity contribution in [1.82, 2.24) is 9.97 Å². The summed E-state index contributed by atoms with van der Waals surface area (Å²) in [7, 11) is 0. The van der Waals surface area contributed by atoms with E-state index in [4.69, 9.17) is 10.2 Å². The van der Waals surface area contributed by atoms with Crippen LogP contribution in [0.4, 0.5) is 5.82 Å². The molecule has 2 aromatic heterocycles. The standard InChI is InChI=1S/C10H8BrN3OS/c11-8-2-1-7(15-8)10-13-6-4-16-3-5(6)9(12)14-10/h1-2H,3-4H2,(H2,12,13,14). The Hall–Kier alpha value is -1.01. The van der Waals surface area contributed by atoms with Crippen LogP contribution in [0.15, 0.2) is 21.2 Å². The number of nitrogens with two attached hydrogens (primary N) is 1. The number of nitrogen functional groups attached to an aromatic ring is 1. The Labute approximate surface area is 105 Å². The number of halogens is 1. The summed E-state index contributed by atoms with van der Waals surface area (Å²) < 4.78 is 6.08. The molecule has 1 aliphatic heterocycles. The summed E-state index contributed by atoms with van der Waals surface area (Å²) in [6.45, 7) is 0. The third kappa shape index (κ3) is 1.62. The maximum absolute atomic E-state index is 5.90. The summed E-state index contributed by atoms with van der Waals surface area (Å²) in [5.41, 5.74) is 8.00. The van der Waals surface area contributed by atoms with E-state index in [1.165, 1.54) is 0 Å². The molecule has 6 heteroatoms. The molecule has 0 atom stereocenters. The summed E-state index contributed by atoms with van der Waals surface area (Å²) in [6.07, 6.45) is 0. The molecule has 0 unspecified atom stereocenters. The second kappa shape index (κ2) is 3.78. The largest absolute Gasteiger partial charge is 0.446 e. The number of fused-ring (bicyclic) bond motifs is 1. The van der Waals surface area contributed by atoms with Gasteiger partial charge in [0.1, 0.15) is 5.82 Å². The van der Waals surface area contributed by atoms with Crippen LogP contribution in [-0.4, -0.2) is 9.97 Å². The lowest BCUT2D eigenvalue weighted by atomic mass is 10.2. The van der Waals surface area contributed by atoms with Crippen molar-refractivity contribution in [2.45, 2.75) is 11.5 Å². The Bertz CT molecular complexity index is 555. The first-order chi connectivity index (χ1) is 7.74. The molecule has 2 aromatic rings. The van der Waals surface area contributed by atoms with Crippen LogP contribution in [0.2, 0.25) is 0 Å². The van der Waals surface area contributed by atoms with Gasteiger partial charge in [0.2, 0.25) is 0 Å². The smallest absolute Gasteiger partial charge is 0.197 e. The zero-order valence-corrected chi connectivity index (χ0v) is 10.6. The van der Waals surface area contributed by atoms with Crippen LogP contribution in [-0.2, 0) is 11.5 Å². The van der Waals surface area contributed by atoms with Gasteiger partial charge in [-0.2, -0.15) is 11.8 Å². The number of hydrogen-bond acceptors (Lipinski definition) is 5. The maximum atomic E-state index is 5.90. The van der Waals surface area contributed by atoms with Crippen molar-refractivity contribution in [3.05, 3.63) is 28.1 Å². The minimum absolute atomic E-state index is 0.560. The lowest BCUT2D eigenvalue weighted by molar-refractivity contribution is 0.551. The molecular weight excluding hydrogens is 290 g/mol. The van der Waals surface area contributed by atoms with Crippen LogP contribution in [0.3, 0.4) is 0 Å². The quantitative estimate of drug-likeness (QED) is 0.877. The summed E-state index contributed by atoms with van der Waals surface area (Å²) in [5, 5.41) is 0. The van der Waals surface area contributed by atoms with Gasteiger partial charge in [-0.1, -0.05) is 0 Å². The Morgan fingerprint density at radius 1 is 1.31 bits per heavy atom. The monoisotopic (exact) mass is 297 g/mol. The SMILES string of the molecule is Nc1nc(-c2ccc(Br)o2)nc2c1CSC2. The van der Waals surface area contributed by atoms with Crippen LogP contribution in [0.25, 0.3) is 11.6 Å². The number of nitrogens with zero attached hydrogens (tertiary/aromatic N) is 2. The molecule has 0 radical (unpaired) electrons. The summed E-state index contributed by atoms with van der Waals surface area (Å²) in [6, 6.07) is 3.64. The molecule has 0 aromatic carbocycles. The average Bonchev–Trinajstić information content (AvgIpc) is 2.85. The molecule has 0 saturated heterocycles. The zero-order chi connectivity index (χ0) is 11.1. The Morgan fingerprint density at radius 3 is 2.94 bits per heavy atom. The number of rotatable bonds is 1. The van der Waals surface area contributed by atoms with E-state index in [0.29, 0.717) is 22.1 Å². The van der Waals surface area contributed by atoms with E-state index < -0.39 is 0 Å². The fourth-order valence-electron chi connectivity index (χ4n) is 1.62. The van der Waals surface area contributed by atoms with Crippen LogP contribution in [0.1, 0.15) is 11.3 Å². The van der Waals surface area contributed by atoms with E-state index in [9.17, 15) is 0 Å². The van der Waals surface area contributed by atoms with Gasteiger partial charge >= 0.3 is 0 Å². The third-order valence-electron chi connectivity index (χ3n) is 2.40. The summed E-state index contributed by atoms with van der Waals surface area (Å²) in [4.78, 5) is 8.74. The van der Waals surface area contributed by atoms with Crippen LogP contribution in [0.5, 0.6) is 0 Å². The van der Waals surface area contributed by atoms with E-state index >= 15 is 0 Å². The molecule has 0 amide bonds. The van der Waals surface area contributed by atoms with Crippen LogP contribution >= 0.6 is 27.7 Å². The Morgan fingerprint density at radius 2 is 2.19 bits per heavy atom. The highest BCUT2D eigenvalue weighted by Gasteiger charge is 2.19. The molecule has 0 saturated carbocycles. The van der Waals surface area contributed by atoms with E-state index in [-0.39, 0.29) is 0 Å². The molecule has 16 heavy (non-hydrogen) atoms. The molecule has 0 aliphatic carbocycles. The molecule has 0 bridgehead atoms. The second-order valence-electron chi connectivity index (χ2n) is 3.45. The van der Waals surface area contributed by atoms with Crippen molar-refractivity contribution in [2.75, 3.05) is 5.73 Å². The topological polar surface area (TPSA) is 64.9 Å². The van der Waals surface area contributed by atoms with E-state index in [1.807, 2.05) is 12.1 Å². The highest BCUT2D eigenvalue weighted by molar-refractivity contribution is 9.10. The highest BCUT2D eigenvalue weighted by Crippen LogP contribution is 2.33. The molecule has 0 fully saturated rings. The zero-order valence-electron chi connectivity index (χ0n) is 8.24. The fraction of sp³-hybridized carbons (Fsp3) is 0.200. The Balaban J connectivity index is 2.12. The number of thioether (sulfide) groups is 1. The summed E-state index contributed by atoms with van der Waals surface area (Å²) in [5.74, 6) is 3.57. The van der Waals surface area contributed by atoms with Crippen LogP contribution in [0, 0.1) is 0 Å². The van der Waals surface area contributed by atoms with Crippen molar-refractivity contribution in [2.24, 2.45) is 0 Å². The molecule has 4 nitrogen and oxygen atoms in total. The van der Waals surface area contributed by atoms with Crippen molar-refractivity contribution in [1.29, 1.82) is 0 Å². The first-order valence-electron chi connectivity index (χ1n) is 4.73. The van der Waals surface area contributed by atoms with Crippen molar-refractivity contribution < 1.29 is 4.42 Å². The van der Waals surface area contributed by atoms with E-state index in [0.717, 1.165) is 22.8 Å². The van der Waals surface area contributed by atoms with Gasteiger partial charge in [0, 0.05) is 17.1 Å². The van der Waals surface area contributed by atoms with Gasteiger partial charge in [-0.05, 0) is 28.1 Å². The molecule has 2 N–H and O–H groups in total. The Kier molecular flexibility index (Phi) is 2.40. The van der Waals surface area contributed by atoms with Gasteiger partial charge < -0.3 is 10.2 Å². The third-order valence-corrected chi connectivity index (χ3v) is 3.80. The van der Waals surface area contributed by atoms with Crippen molar-refractivity contribution in [3.8, 4) is 11.6 Å². The van der Waals surface area contributed by atoms with Crippen molar-refractivity contribution in [3.63, 3.8) is 0 Å². The highest BCUT2D eigenvalue weighted by atomic mass is 79.9. The number of hydrogen-bond donors (Lipinski definition) is 1. The molecule has 3 rings (SSSR count). The molecular formula is C10H8BrN3OS. The van der Waals surface area contributed by atoms with Gasteiger partial charge in [-0.15, -0.1) is 0 Å². The molecule has 0 spiro atoms. The van der Waals surface area contributed by atoms with Crippen molar-refractivity contribution >= 4 is 33.5 Å². The van der Waals surface area contributed by atoms with Crippen LogP contribution < -0.4 is 5.73 Å². The van der Waals surface area contributed by atoms with Gasteiger partial charge in [0.05, 0.1) is 5.69 Å². The van der Waals surface area contributed by atoms with Gasteiger partial charge in [0.25, 0.3) is 0 Å². The second-order valence-corrected chi connectivity index (χ2v) is 5.22. The fourth-order valence-corrected chi connectivity index (χ4v) is 2.98. The lowest BCUT2D eigenvalue weighted by Gasteiger charge is -2.03. The number of furan rings is 1. The first-order valence-corrected chi connectivity index (χ1v) is 6.67. The first kappa shape index (κ1) is 10.2. The summed E-state index contributed by atoms with van der Waals surface area (Å²) >= 11 is 5.06. The predicted octanol–water partition coefficient (Wildman–Crippen LogP) is 2.83. The molecule has 82 valence electrons. The number of aromatic nitrogens is 2. The van der Waals surface area contributed by atoms with Gasteiger partial charge in [0.15, 0.2) is 16.3 Å². The van der Waals surface area contributed by atoms with E-state index in [1.54, 1.807) is 11.8 Å². The number of anilines is 1. The molecule has 1 aliphatic rings. The lowest BCUT2D eigenvalue weighted by Crippen LogP contribution is -2.02. The predicted molar refractivity (Wildman–Crippen MR) is 66.8 cm³/mol.